The van der Waals surface area contributed by atoms with Gasteiger partial charge in [-0.3, -0.25) is 14.5 Å². The lowest BCUT2D eigenvalue weighted by Crippen LogP contribution is -2.43. The molecule has 0 aliphatic carbocycles. The zero-order valence-corrected chi connectivity index (χ0v) is 21.2. The molecule has 1 fully saturated rings. The molecule has 2 N–H and O–H groups in total. The molecule has 0 spiro atoms. The maximum Gasteiger partial charge on any atom is 0.341 e. The fraction of sp³-hybridized carbons (Fsp3) is 0.542. The number of rotatable bonds is 10. The largest absolute Gasteiger partial charge is 0.462 e. The van der Waals surface area contributed by atoms with Gasteiger partial charge in [0, 0.05) is 22.2 Å². The van der Waals surface area contributed by atoms with E-state index in [4.69, 9.17) is 4.74 Å². The third kappa shape index (κ3) is 6.88. The highest BCUT2D eigenvalue weighted by Crippen LogP contribution is 2.34. The Morgan fingerprint density at radius 1 is 1.21 bits per heavy atom. The van der Waals surface area contributed by atoms with Crippen LogP contribution in [0.2, 0.25) is 0 Å². The number of anilines is 1. The number of amides is 2. The quantitative estimate of drug-likeness (QED) is 0.493. The normalized spacial score (nSPS) is 14.8. The molecule has 0 unspecified atom stereocenters. The number of thiophene rings is 2. The van der Waals surface area contributed by atoms with Crippen molar-refractivity contribution in [3.05, 3.63) is 38.4 Å². The highest BCUT2D eigenvalue weighted by Gasteiger charge is 2.27. The monoisotopic (exact) mass is 491 g/mol. The summed E-state index contributed by atoms with van der Waals surface area (Å²) >= 11 is 3.12. The molecule has 1 saturated heterocycles. The average Bonchev–Trinajstić information content (AvgIpc) is 3.41. The summed E-state index contributed by atoms with van der Waals surface area (Å²) in [5, 5.41) is 8.58. The molecule has 1 aliphatic rings. The van der Waals surface area contributed by atoms with Crippen LogP contribution in [0.3, 0.4) is 0 Å². The maximum atomic E-state index is 12.7. The minimum absolute atomic E-state index is 0.00452. The van der Waals surface area contributed by atoms with E-state index in [1.807, 2.05) is 25.3 Å². The summed E-state index contributed by atoms with van der Waals surface area (Å²) in [5.41, 5.74) is 1.41. The number of hydrogen-bond acceptors (Lipinski definition) is 7. The van der Waals surface area contributed by atoms with Gasteiger partial charge in [0.25, 0.3) is 0 Å². The third-order valence-corrected chi connectivity index (χ3v) is 7.87. The first-order valence-electron chi connectivity index (χ1n) is 11.5. The summed E-state index contributed by atoms with van der Waals surface area (Å²) in [7, 11) is 0. The summed E-state index contributed by atoms with van der Waals surface area (Å²) in [5.74, 6) is -0.436. The van der Waals surface area contributed by atoms with Crippen LogP contribution in [0.5, 0.6) is 0 Å². The molecule has 33 heavy (non-hydrogen) atoms. The van der Waals surface area contributed by atoms with Crippen LogP contribution in [-0.4, -0.2) is 55.5 Å². The molecule has 180 valence electrons. The van der Waals surface area contributed by atoms with Crippen LogP contribution >= 0.6 is 22.7 Å². The van der Waals surface area contributed by atoms with Gasteiger partial charge in [-0.25, -0.2) is 4.79 Å². The number of hydrogen-bond donors (Lipinski definition) is 2. The Morgan fingerprint density at radius 3 is 2.61 bits per heavy atom. The highest BCUT2D eigenvalue weighted by atomic mass is 32.1. The van der Waals surface area contributed by atoms with Crippen LogP contribution in [0.4, 0.5) is 5.00 Å². The third-order valence-electron chi connectivity index (χ3n) is 5.87. The second-order valence-electron chi connectivity index (χ2n) is 8.13. The number of carbonyl (C=O) groups excluding carboxylic acids is 3. The molecule has 0 atom stereocenters. The SMILES string of the molecule is CCOC(=O)c1c(NC(=O)CN2CCC(C(=O)NCCc3cccs3)CC2)sc(C)c1CC. The van der Waals surface area contributed by atoms with E-state index >= 15 is 0 Å². The molecular weight excluding hydrogens is 458 g/mol. The molecule has 2 aromatic rings. The molecule has 3 heterocycles. The van der Waals surface area contributed by atoms with E-state index in [0.29, 0.717) is 43.2 Å². The van der Waals surface area contributed by atoms with E-state index in [-0.39, 0.29) is 30.2 Å². The lowest BCUT2D eigenvalue weighted by Gasteiger charge is -2.30. The Bertz CT molecular complexity index is 947. The molecule has 1 aliphatic heterocycles. The van der Waals surface area contributed by atoms with Crippen molar-refractivity contribution in [2.24, 2.45) is 5.92 Å². The lowest BCUT2D eigenvalue weighted by molar-refractivity contribution is -0.126. The fourth-order valence-electron chi connectivity index (χ4n) is 4.14. The van der Waals surface area contributed by atoms with Gasteiger partial charge in [-0.15, -0.1) is 22.7 Å². The minimum atomic E-state index is -0.389. The van der Waals surface area contributed by atoms with Crippen molar-refractivity contribution in [2.45, 2.75) is 46.5 Å². The molecule has 0 bridgehead atoms. The Balaban J connectivity index is 1.46. The van der Waals surface area contributed by atoms with Gasteiger partial charge in [0.15, 0.2) is 0 Å². The molecule has 2 amide bonds. The van der Waals surface area contributed by atoms with E-state index < -0.39 is 0 Å². The molecule has 9 heteroatoms. The summed E-state index contributed by atoms with van der Waals surface area (Å²) in [6.45, 7) is 8.31. The van der Waals surface area contributed by atoms with Crippen molar-refractivity contribution in [1.82, 2.24) is 10.2 Å². The van der Waals surface area contributed by atoms with Gasteiger partial charge >= 0.3 is 5.97 Å². The first-order chi connectivity index (χ1) is 15.9. The zero-order chi connectivity index (χ0) is 23.8. The van der Waals surface area contributed by atoms with Crippen molar-refractivity contribution in [1.29, 1.82) is 0 Å². The van der Waals surface area contributed by atoms with Crippen LogP contribution in [-0.2, 0) is 27.2 Å². The fourth-order valence-corrected chi connectivity index (χ4v) is 6.00. The van der Waals surface area contributed by atoms with Crippen LogP contribution in [0.1, 0.15) is 52.4 Å². The van der Waals surface area contributed by atoms with Crippen LogP contribution in [0.25, 0.3) is 0 Å². The van der Waals surface area contributed by atoms with E-state index in [0.717, 1.165) is 29.7 Å². The van der Waals surface area contributed by atoms with Crippen molar-refractivity contribution in [3.63, 3.8) is 0 Å². The zero-order valence-electron chi connectivity index (χ0n) is 19.6. The highest BCUT2D eigenvalue weighted by molar-refractivity contribution is 7.16. The van der Waals surface area contributed by atoms with Gasteiger partial charge in [0.1, 0.15) is 5.00 Å². The molecule has 0 saturated carbocycles. The molecule has 0 aromatic carbocycles. The predicted octanol–water partition coefficient (Wildman–Crippen LogP) is 3.87. The number of carbonyl (C=O) groups is 3. The Hall–Kier alpha value is -2.23. The van der Waals surface area contributed by atoms with Crippen molar-refractivity contribution < 1.29 is 19.1 Å². The molecule has 0 radical (unpaired) electrons. The second kappa shape index (κ2) is 12.3. The summed E-state index contributed by atoms with van der Waals surface area (Å²) in [6, 6.07) is 4.10. The molecular formula is C24H33N3O4S2. The van der Waals surface area contributed by atoms with Gasteiger partial charge in [0.05, 0.1) is 18.7 Å². The van der Waals surface area contributed by atoms with Gasteiger partial charge in [-0.05, 0) is 69.6 Å². The molecule has 2 aromatic heterocycles. The van der Waals surface area contributed by atoms with Gasteiger partial charge in [-0.1, -0.05) is 13.0 Å². The molecule has 3 rings (SSSR count). The van der Waals surface area contributed by atoms with E-state index in [2.05, 4.69) is 21.6 Å². The second-order valence-corrected chi connectivity index (χ2v) is 10.4. The topological polar surface area (TPSA) is 87.7 Å². The van der Waals surface area contributed by atoms with Gasteiger partial charge < -0.3 is 15.4 Å². The number of nitrogens with zero attached hydrogens (tertiary/aromatic N) is 1. The average molecular weight is 492 g/mol. The summed E-state index contributed by atoms with van der Waals surface area (Å²) < 4.78 is 5.21. The van der Waals surface area contributed by atoms with E-state index in [9.17, 15) is 14.4 Å². The Morgan fingerprint density at radius 2 is 1.97 bits per heavy atom. The number of nitrogens with one attached hydrogen (secondary N) is 2. The van der Waals surface area contributed by atoms with Crippen molar-refractivity contribution >= 4 is 45.5 Å². The minimum Gasteiger partial charge on any atom is -0.462 e. The molecule has 7 nitrogen and oxygen atoms in total. The smallest absolute Gasteiger partial charge is 0.341 e. The summed E-state index contributed by atoms with van der Waals surface area (Å²) in [6.07, 6.45) is 3.04. The maximum absolute atomic E-state index is 12.7. The summed E-state index contributed by atoms with van der Waals surface area (Å²) in [4.78, 5) is 42.0. The first-order valence-corrected chi connectivity index (χ1v) is 13.2. The van der Waals surface area contributed by atoms with E-state index in [1.165, 1.54) is 16.2 Å². The number of aryl methyl sites for hydroxylation is 1. The first kappa shape index (κ1) is 25.4. The van der Waals surface area contributed by atoms with Crippen molar-refractivity contribution in [2.75, 3.05) is 38.1 Å². The Labute approximate surface area is 203 Å². The van der Waals surface area contributed by atoms with Crippen LogP contribution in [0, 0.1) is 12.8 Å². The standard InChI is InChI=1S/C24H33N3O4S2/c1-4-19-16(3)33-23(21(19)24(30)31-5-2)26-20(28)15-27-12-9-17(10-13-27)22(29)25-11-8-18-7-6-14-32-18/h6-7,14,17H,4-5,8-13,15H2,1-3H3,(H,25,29)(H,26,28). The Kier molecular flexibility index (Phi) is 9.46. The predicted molar refractivity (Wildman–Crippen MR) is 133 cm³/mol. The number of piperidine rings is 1. The van der Waals surface area contributed by atoms with Crippen molar-refractivity contribution in [3.8, 4) is 0 Å². The number of ether oxygens (including phenoxy) is 1. The van der Waals surface area contributed by atoms with E-state index in [1.54, 1.807) is 18.3 Å². The van der Waals surface area contributed by atoms with Crippen LogP contribution < -0.4 is 10.6 Å². The number of esters is 1. The van der Waals surface area contributed by atoms with Gasteiger partial charge in [-0.2, -0.15) is 0 Å². The van der Waals surface area contributed by atoms with Crippen LogP contribution in [0.15, 0.2) is 17.5 Å². The van der Waals surface area contributed by atoms with Gasteiger partial charge in [0.2, 0.25) is 11.8 Å². The lowest BCUT2D eigenvalue weighted by atomic mass is 9.96. The number of likely N-dealkylation sites (tertiary alicyclic amines) is 1.